The van der Waals surface area contributed by atoms with Crippen LogP contribution in [0.25, 0.3) is 0 Å². The van der Waals surface area contributed by atoms with Crippen molar-refractivity contribution < 1.29 is 13.2 Å². The summed E-state index contributed by atoms with van der Waals surface area (Å²) in [7, 11) is -3.44. The number of aryl methyl sites for hydroxylation is 1. The van der Waals surface area contributed by atoms with Crippen LogP contribution in [-0.2, 0) is 16.6 Å². The maximum atomic E-state index is 12.5. The lowest BCUT2D eigenvalue weighted by Crippen LogP contribution is -2.30. The van der Waals surface area contributed by atoms with Crippen molar-refractivity contribution >= 4 is 21.6 Å². The van der Waals surface area contributed by atoms with Gasteiger partial charge in [0.2, 0.25) is 10.0 Å². The monoisotopic (exact) mass is 457 g/mol. The molecule has 1 amide bonds. The van der Waals surface area contributed by atoms with Crippen LogP contribution in [0.2, 0.25) is 0 Å². The van der Waals surface area contributed by atoms with Crippen LogP contribution in [0.15, 0.2) is 48.5 Å². The van der Waals surface area contributed by atoms with E-state index in [1.807, 2.05) is 37.3 Å². The van der Waals surface area contributed by atoms with E-state index >= 15 is 0 Å². The van der Waals surface area contributed by atoms with E-state index in [0.29, 0.717) is 17.8 Å². The van der Waals surface area contributed by atoms with Crippen molar-refractivity contribution in [2.75, 3.05) is 36.7 Å². The van der Waals surface area contributed by atoms with E-state index < -0.39 is 10.0 Å². The summed E-state index contributed by atoms with van der Waals surface area (Å²) in [6, 6.07) is 14.6. The first kappa shape index (κ1) is 24.3. The predicted molar refractivity (Wildman–Crippen MR) is 131 cm³/mol. The van der Waals surface area contributed by atoms with Gasteiger partial charge in [0.15, 0.2) is 0 Å². The van der Waals surface area contributed by atoms with Crippen LogP contribution < -0.4 is 9.62 Å². The lowest BCUT2D eigenvalue weighted by Gasteiger charge is -2.23. The van der Waals surface area contributed by atoms with Gasteiger partial charge in [-0.2, -0.15) is 0 Å². The summed E-state index contributed by atoms with van der Waals surface area (Å²) in [5, 5.41) is 3.00. The van der Waals surface area contributed by atoms with Crippen LogP contribution in [0, 0.1) is 6.92 Å². The van der Waals surface area contributed by atoms with Crippen molar-refractivity contribution in [3.05, 3.63) is 65.2 Å². The normalized spacial score (nSPS) is 15.2. The van der Waals surface area contributed by atoms with E-state index in [4.69, 9.17) is 0 Å². The number of likely N-dealkylation sites (tertiary alicyclic amines) is 1. The van der Waals surface area contributed by atoms with Crippen LogP contribution in [0.1, 0.15) is 53.6 Å². The van der Waals surface area contributed by atoms with E-state index in [9.17, 15) is 13.2 Å². The Morgan fingerprint density at radius 2 is 1.72 bits per heavy atom. The molecular formula is C25H35N3O3S. The van der Waals surface area contributed by atoms with Crippen molar-refractivity contribution in [3.8, 4) is 0 Å². The molecule has 1 aliphatic rings. The zero-order chi connectivity index (χ0) is 23.0. The van der Waals surface area contributed by atoms with Gasteiger partial charge in [0.1, 0.15) is 0 Å². The van der Waals surface area contributed by atoms with E-state index in [-0.39, 0.29) is 12.5 Å². The van der Waals surface area contributed by atoms with Crippen molar-refractivity contribution in [1.82, 2.24) is 10.2 Å². The number of anilines is 1. The molecule has 1 saturated heterocycles. The highest BCUT2D eigenvalue weighted by molar-refractivity contribution is 7.92. The van der Waals surface area contributed by atoms with Crippen LogP contribution in [0.5, 0.6) is 0 Å². The summed E-state index contributed by atoms with van der Waals surface area (Å²) in [5.41, 5.74) is 3.05. The number of nitrogens with one attached hydrogen (secondary N) is 1. The number of carbonyl (C=O) groups excluding carboxylic acids is 1. The van der Waals surface area contributed by atoms with Gasteiger partial charge in [0.05, 0.1) is 18.5 Å². The number of hydrogen-bond acceptors (Lipinski definition) is 4. The second kappa shape index (κ2) is 11.5. The average molecular weight is 458 g/mol. The number of nitrogens with zero attached hydrogens (tertiary/aromatic N) is 2. The number of sulfonamides is 1. The minimum Gasteiger partial charge on any atom is -0.352 e. The Bertz CT molecular complexity index is 982. The van der Waals surface area contributed by atoms with Gasteiger partial charge in [0.25, 0.3) is 5.91 Å². The topological polar surface area (TPSA) is 69.7 Å². The molecule has 0 radical (unpaired) electrons. The van der Waals surface area contributed by atoms with Crippen LogP contribution in [-0.4, -0.2) is 51.7 Å². The van der Waals surface area contributed by atoms with Crippen molar-refractivity contribution in [3.63, 3.8) is 0 Å². The van der Waals surface area contributed by atoms with Crippen molar-refractivity contribution in [2.24, 2.45) is 0 Å². The Kier molecular flexibility index (Phi) is 8.70. The first-order chi connectivity index (χ1) is 15.3. The molecule has 1 fully saturated rings. The molecule has 174 valence electrons. The average Bonchev–Trinajstić information content (AvgIpc) is 3.03. The molecule has 0 atom stereocenters. The van der Waals surface area contributed by atoms with Gasteiger partial charge in [0, 0.05) is 12.1 Å². The zero-order valence-electron chi connectivity index (χ0n) is 19.2. The fourth-order valence-electron chi connectivity index (χ4n) is 4.08. The molecule has 7 heteroatoms. The summed E-state index contributed by atoms with van der Waals surface area (Å²) >= 11 is 0. The summed E-state index contributed by atoms with van der Waals surface area (Å²) in [6.07, 6.45) is 7.37. The maximum absolute atomic E-state index is 12.5. The highest BCUT2D eigenvalue weighted by atomic mass is 32.2. The number of carbonyl (C=O) groups is 1. The van der Waals surface area contributed by atoms with E-state index in [1.165, 1.54) is 49.3 Å². The molecule has 6 nitrogen and oxygen atoms in total. The number of rotatable bonds is 9. The maximum Gasteiger partial charge on any atom is 0.251 e. The molecule has 0 bridgehead atoms. The third-order valence-electron chi connectivity index (χ3n) is 5.87. The fraction of sp³-hybridized carbons (Fsp3) is 0.480. The van der Waals surface area contributed by atoms with Crippen molar-refractivity contribution in [1.29, 1.82) is 0 Å². The summed E-state index contributed by atoms with van der Waals surface area (Å²) in [6.45, 7) is 6.18. The van der Waals surface area contributed by atoms with E-state index in [2.05, 4.69) is 10.2 Å². The molecule has 0 saturated carbocycles. The van der Waals surface area contributed by atoms with Gasteiger partial charge < -0.3 is 10.2 Å². The molecule has 2 aromatic rings. The Balaban J connectivity index is 1.53. The van der Waals surface area contributed by atoms with Gasteiger partial charge in [-0.3, -0.25) is 9.10 Å². The van der Waals surface area contributed by atoms with Gasteiger partial charge in [-0.15, -0.1) is 0 Å². The van der Waals surface area contributed by atoms with Crippen LogP contribution in [0.3, 0.4) is 0 Å². The Labute approximate surface area is 192 Å². The summed E-state index contributed by atoms with van der Waals surface area (Å²) < 4.78 is 26.1. The van der Waals surface area contributed by atoms with Gasteiger partial charge in [-0.1, -0.05) is 37.1 Å². The quantitative estimate of drug-likeness (QED) is 0.579. The number of benzene rings is 2. The molecule has 0 aliphatic carbocycles. The zero-order valence-corrected chi connectivity index (χ0v) is 20.0. The Morgan fingerprint density at radius 3 is 2.34 bits per heavy atom. The molecule has 32 heavy (non-hydrogen) atoms. The second-order valence-electron chi connectivity index (χ2n) is 8.67. The van der Waals surface area contributed by atoms with Crippen molar-refractivity contribution in [2.45, 2.75) is 45.6 Å². The van der Waals surface area contributed by atoms with Crippen LogP contribution in [0.4, 0.5) is 5.69 Å². The molecule has 1 heterocycles. The standard InChI is InChI=1S/C25H35N3O3S/c1-21-9-7-10-24(19-21)28(32(2,30)31)20-22-11-13-23(14-12-22)25(29)26-15-8-18-27-16-5-3-4-6-17-27/h7,9-14,19H,3-6,8,15-18,20H2,1-2H3,(H,26,29). The largest absolute Gasteiger partial charge is 0.352 e. The lowest BCUT2D eigenvalue weighted by molar-refractivity contribution is 0.0951. The second-order valence-corrected chi connectivity index (χ2v) is 10.6. The minimum atomic E-state index is -3.44. The number of amides is 1. The SMILES string of the molecule is Cc1cccc(N(Cc2ccc(C(=O)NCCCN3CCCCCC3)cc2)S(C)(=O)=O)c1. The molecule has 2 aromatic carbocycles. The molecule has 0 aromatic heterocycles. The predicted octanol–water partition coefficient (Wildman–Crippen LogP) is 3.96. The molecular weight excluding hydrogens is 422 g/mol. The van der Waals surface area contributed by atoms with Gasteiger partial charge >= 0.3 is 0 Å². The van der Waals surface area contributed by atoms with Crippen LogP contribution >= 0.6 is 0 Å². The third-order valence-corrected chi connectivity index (χ3v) is 7.01. The third kappa shape index (κ3) is 7.35. The van der Waals surface area contributed by atoms with Gasteiger partial charge in [-0.25, -0.2) is 8.42 Å². The summed E-state index contributed by atoms with van der Waals surface area (Å²) in [4.78, 5) is 15.0. The highest BCUT2D eigenvalue weighted by Gasteiger charge is 2.18. The molecule has 0 spiro atoms. The highest BCUT2D eigenvalue weighted by Crippen LogP contribution is 2.22. The van der Waals surface area contributed by atoms with Gasteiger partial charge in [-0.05, 0) is 81.2 Å². The first-order valence-electron chi connectivity index (χ1n) is 11.5. The molecule has 0 unspecified atom stereocenters. The summed E-state index contributed by atoms with van der Waals surface area (Å²) in [5.74, 6) is -0.0916. The first-order valence-corrected chi connectivity index (χ1v) is 13.3. The minimum absolute atomic E-state index is 0.0916. The Hall–Kier alpha value is -2.38. The molecule has 1 aliphatic heterocycles. The van der Waals surface area contributed by atoms with E-state index in [1.54, 1.807) is 18.2 Å². The smallest absolute Gasteiger partial charge is 0.251 e. The molecule has 1 N–H and O–H groups in total. The Morgan fingerprint density at radius 1 is 1.03 bits per heavy atom. The van der Waals surface area contributed by atoms with E-state index in [0.717, 1.165) is 24.1 Å². The number of hydrogen-bond donors (Lipinski definition) is 1. The lowest BCUT2D eigenvalue weighted by atomic mass is 10.1. The molecule has 3 rings (SSSR count). The fourth-order valence-corrected chi connectivity index (χ4v) is 4.96.